The first-order valence-electron chi connectivity index (χ1n) is 6.54. The van der Waals surface area contributed by atoms with E-state index in [1.54, 1.807) is 12.1 Å². The fraction of sp³-hybridized carbons (Fsp3) is 0.533. The predicted molar refractivity (Wildman–Crippen MR) is 75.2 cm³/mol. The highest BCUT2D eigenvalue weighted by Crippen LogP contribution is 2.26. The van der Waals surface area contributed by atoms with E-state index < -0.39 is 0 Å². The zero-order valence-electron chi connectivity index (χ0n) is 11.2. The molecular weight excluding hydrogens is 246 g/mol. The number of hydrogen-bond donors (Lipinski definition) is 0. The monoisotopic (exact) mass is 265 g/mol. The first kappa shape index (κ1) is 13.6. The van der Waals surface area contributed by atoms with Crippen LogP contribution in [0.5, 0.6) is 0 Å². The molecule has 1 fully saturated rings. The molecule has 2 nitrogen and oxygen atoms in total. The van der Waals surface area contributed by atoms with Crippen LogP contribution in [0.2, 0.25) is 5.02 Å². The van der Waals surface area contributed by atoms with Gasteiger partial charge in [-0.3, -0.25) is 9.69 Å². The third-order valence-corrected chi connectivity index (χ3v) is 4.09. The lowest BCUT2D eigenvalue weighted by Crippen LogP contribution is -2.41. The first-order valence-corrected chi connectivity index (χ1v) is 6.92. The molecule has 0 saturated carbocycles. The zero-order chi connectivity index (χ0) is 13.3. The number of carbonyl (C=O) groups is 1. The van der Waals surface area contributed by atoms with Crippen LogP contribution in [0.15, 0.2) is 24.3 Å². The van der Waals surface area contributed by atoms with Gasteiger partial charge in [0.1, 0.15) is 0 Å². The van der Waals surface area contributed by atoms with E-state index in [0.717, 1.165) is 12.1 Å². The summed E-state index contributed by atoms with van der Waals surface area (Å²) in [4.78, 5) is 14.7. The lowest BCUT2D eigenvalue weighted by molar-refractivity contribution is 0.0826. The summed E-state index contributed by atoms with van der Waals surface area (Å²) in [6.07, 6.45) is 1.18. The Morgan fingerprint density at radius 1 is 1.33 bits per heavy atom. The Bertz CT molecular complexity index is 429. The molecule has 1 aliphatic rings. The van der Waals surface area contributed by atoms with Crippen molar-refractivity contribution in [3.8, 4) is 0 Å². The van der Waals surface area contributed by atoms with Crippen molar-refractivity contribution in [1.82, 2.24) is 4.90 Å². The molecule has 2 rings (SSSR count). The summed E-state index contributed by atoms with van der Waals surface area (Å²) in [7, 11) is 0. The molecule has 3 heteroatoms. The van der Waals surface area contributed by atoms with E-state index in [2.05, 4.69) is 18.7 Å². The lowest BCUT2D eigenvalue weighted by Gasteiger charge is -2.27. The molecular formula is C15H20ClNO. The van der Waals surface area contributed by atoms with E-state index >= 15 is 0 Å². The molecule has 0 radical (unpaired) electrons. The Balaban J connectivity index is 2.11. The molecule has 0 aliphatic carbocycles. The maximum atomic E-state index is 12.4. The van der Waals surface area contributed by atoms with Crippen LogP contribution in [-0.2, 0) is 0 Å². The number of rotatable bonds is 3. The van der Waals surface area contributed by atoms with E-state index in [-0.39, 0.29) is 11.8 Å². The van der Waals surface area contributed by atoms with Crippen molar-refractivity contribution in [3.63, 3.8) is 0 Å². The average Bonchev–Trinajstić information content (AvgIpc) is 2.67. The molecule has 0 aromatic heterocycles. The quantitative estimate of drug-likeness (QED) is 0.778. The molecule has 18 heavy (non-hydrogen) atoms. The number of halogens is 1. The first-order chi connectivity index (χ1) is 8.49. The van der Waals surface area contributed by atoms with Gasteiger partial charge >= 0.3 is 0 Å². The van der Waals surface area contributed by atoms with Gasteiger partial charge in [-0.1, -0.05) is 18.5 Å². The summed E-state index contributed by atoms with van der Waals surface area (Å²) in [5.41, 5.74) is 0.749. The minimum Gasteiger partial charge on any atom is -0.292 e. The van der Waals surface area contributed by atoms with Crippen LogP contribution in [0.25, 0.3) is 0 Å². The number of carbonyl (C=O) groups excluding carboxylic acids is 1. The van der Waals surface area contributed by atoms with Gasteiger partial charge in [0.05, 0.1) is 6.04 Å². The summed E-state index contributed by atoms with van der Waals surface area (Å²) in [6, 6.07) is 7.61. The minimum atomic E-state index is -0.0499. The van der Waals surface area contributed by atoms with Crippen LogP contribution in [0.3, 0.4) is 0 Å². The van der Waals surface area contributed by atoms with Gasteiger partial charge in [0.15, 0.2) is 5.78 Å². The van der Waals surface area contributed by atoms with E-state index in [0.29, 0.717) is 17.0 Å². The molecule has 1 aromatic rings. The van der Waals surface area contributed by atoms with Crippen molar-refractivity contribution in [2.45, 2.75) is 39.3 Å². The van der Waals surface area contributed by atoms with Gasteiger partial charge in [-0.15, -0.1) is 0 Å². The molecule has 0 spiro atoms. The number of ketones is 1. The lowest BCUT2D eigenvalue weighted by atomic mass is 10.0. The second-order valence-electron chi connectivity index (χ2n) is 5.43. The van der Waals surface area contributed by atoms with Crippen LogP contribution in [-0.4, -0.2) is 29.3 Å². The van der Waals surface area contributed by atoms with Crippen molar-refractivity contribution in [2.75, 3.05) is 6.54 Å². The second kappa shape index (κ2) is 5.41. The highest BCUT2D eigenvalue weighted by Gasteiger charge is 2.33. The fourth-order valence-corrected chi connectivity index (χ4v) is 3.00. The van der Waals surface area contributed by atoms with Crippen molar-refractivity contribution >= 4 is 17.4 Å². The molecule has 3 atom stereocenters. The van der Waals surface area contributed by atoms with Gasteiger partial charge in [0.2, 0.25) is 0 Å². The maximum Gasteiger partial charge on any atom is 0.179 e. The third kappa shape index (κ3) is 2.76. The predicted octanol–water partition coefficient (Wildman–Crippen LogP) is 3.64. The number of likely N-dealkylation sites (tertiary alicyclic amines) is 1. The Kier molecular flexibility index (Phi) is 4.08. The van der Waals surface area contributed by atoms with Gasteiger partial charge in [0, 0.05) is 23.2 Å². The van der Waals surface area contributed by atoms with E-state index in [1.165, 1.54) is 6.42 Å². The molecule has 0 N–H and O–H groups in total. The van der Waals surface area contributed by atoms with Crippen molar-refractivity contribution in [3.05, 3.63) is 34.9 Å². The van der Waals surface area contributed by atoms with Crippen molar-refractivity contribution in [2.24, 2.45) is 5.92 Å². The Labute approximate surface area is 114 Å². The van der Waals surface area contributed by atoms with Crippen LogP contribution in [0, 0.1) is 5.92 Å². The van der Waals surface area contributed by atoms with Gasteiger partial charge in [-0.25, -0.2) is 0 Å². The van der Waals surface area contributed by atoms with Gasteiger partial charge < -0.3 is 0 Å². The molecule has 1 heterocycles. The van der Waals surface area contributed by atoms with Crippen molar-refractivity contribution < 1.29 is 4.79 Å². The van der Waals surface area contributed by atoms with Gasteiger partial charge in [-0.05, 0) is 50.5 Å². The number of hydrogen-bond acceptors (Lipinski definition) is 2. The Morgan fingerprint density at radius 3 is 2.44 bits per heavy atom. The summed E-state index contributed by atoms with van der Waals surface area (Å²) >= 11 is 5.84. The smallest absolute Gasteiger partial charge is 0.179 e. The fourth-order valence-electron chi connectivity index (χ4n) is 2.88. The second-order valence-corrected chi connectivity index (χ2v) is 5.87. The van der Waals surface area contributed by atoms with Crippen molar-refractivity contribution in [1.29, 1.82) is 0 Å². The largest absolute Gasteiger partial charge is 0.292 e. The standard InChI is InChI=1S/C15H20ClNO/c1-10-8-11(2)17(9-10)12(3)15(18)13-4-6-14(16)7-5-13/h4-7,10-12H,8-9H2,1-3H3. The van der Waals surface area contributed by atoms with Crippen LogP contribution in [0.1, 0.15) is 37.6 Å². The summed E-state index contributed by atoms with van der Waals surface area (Å²) < 4.78 is 0. The molecule has 3 unspecified atom stereocenters. The van der Waals surface area contributed by atoms with Crippen LogP contribution < -0.4 is 0 Å². The Morgan fingerprint density at radius 2 is 1.94 bits per heavy atom. The van der Waals surface area contributed by atoms with Gasteiger partial charge in [-0.2, -0.15) is 0 Å². The molecule has 1 aromatic carbocycles. The molecule has 1 saturated heterocycles. The topological polar surface area (TPSA) is 20.3 Å². The van der Waals surface area contributed by atoms with Crippen LogP contribution >= 0.6 is 11.6 Å². The third-order valence-electron chi connectivity index (χ3n) is 3.84. The van der Waals surface area contributed by atoms with Gasteiger partial charge in [0.25, 0.3) is 0 Å². The highest BCUT2D eigenvalue weighted by molar-refractivity contribution is 6.30. The average molecular weight is 266 g/mol. The molecule has 98 valence electrons. The van der Waals surface area contributed by atoms with E-state index in [1.807, 2.05) is 19.1 Å². The number of benzene rings is 1. The normalized spacial score (nSPS) is 26.2. The summed E-state index contributed by atoms with van der Waals surface area (Å²) in [5, 5.41) is 0.669. The zero-order valence-corrected chi connectivity index (χ0v) is 11.9. The number of Topliss-reactive ketones (excluding diaryl/α,β-unsaturated/α-hetero) is 1. The maximum absolute atomic E-state index is 12.4. The molecule has 1 aliphatic heterocycles. The van der Waals surface area contributed by atoms with E-state index in [4.69, 9.17) is 11.6 Å². The Hall–Kier alpha value is -0.860. The minimum absolute atomic E-state index is 0.0499. The summed E-state index contributed by atoms with van der Waals surface area (Å²) in [6.45, 7) is 7.47. The van der Waals surface area contributed by atoms with Crippen LogP contribution in [0.4, 0.5) is 0 Å². The van der Waals surface area contributed by atoms with E-state index in [9.17, 15) is 4.79 Å². The molecule has 0 amide bonds. The summed E-state index contributed by atoms with van der Waals surface area (Å²) in [5.74, 6) is 0.869. The number of nitrogens with zero attached hydrogens (tertiary/aromatic N) is 1. The SMILES string of the molecule is CC1CC(C)N(C(C)C(=O)c2ccc(Cl)cc2)C1. The molecule has 0 bridgehead atoms. The highest BCUT2D eigenvalue weighted by atomic mass is 35.5.